The van der Waals surface area contributed by atoms with E-state index in [0.717, 1.165) is 23.0 Å². The standard InChI is InChI=1S/C11H20N2OS/c1-5-8(3)13(6-2)11-12-7-10(15-11)9(4)14/h7-9,14H,5-6H2,1-4H3. The monoisotopic (exact) mass is 228 g/mol. The van der Waals surface area contributed by atoms with Crippen molar-refractivity contribution in [2.45, 2.75) is 46.3 Å². The number of hydrogen-bond donors (Lipinski definition) is 1. The highest BCUT2D eigenvalue weighted by atomic mass is 32.1. The zero-order valence-corrected chi connectivity index (χ0v) is 10.7. The van der Waals surface area contributed by atoms with Gasteiger partial charge in [0.05, 0.1) is 11.0 Å². The van der Waals surface area contributed by atoms with Crippen LogP contribution in [0.2, 0.25) is 0 Å². The largest absolute Gasteiger partial charge is 0.388 e. The minimum absolute atomic E-state index is 0.410. The molecule has 4 heteroatoms. The van der Waals surface area contributed by atoms with Crippen molar-refractivity contribution in [2.24, 2.45) is 0 Å². The van der Waals surface area contributed by atoms with Crippen LogP contribution in [-0.4, -0.2) is 22.7 Å². The van der Waals surface area contributed by atoms with Crippen molar-refractivity contribution in [3.63, 3.8) is 0 Å². The molecule has 0 aliphatic carbocycles. The van der Waals surface area contributed by atoms with E-state index in [1.165, 1.54) is 0 Å². The highest BCUT2D eigenvalue weighted by Gasteiger charge is 2.15. The topological polar surface area (TPSA) is 36.4 Å². The van der Waals surface area contributed by atoms with Gasteiger partial charge in [0, 0.05) is 18.8 Å². The number of thiazole rings is 1. The average molecular weight is 228 g/mol. The summed E-state index contributed by atoms with van der Waals surface area (Å²) >= 11 is 1.58. The molecule has 0 saturated carbocycles. The summed E-state index contributed by atoms with van der Waals surface area (Å²) in [7, 11) is 0. The molecule has 1 rings (SSSR count). The van der Waals surface area contributed by atoms with Crippen LogP contribution in [0.15, 0.2) is 6.20 Å². The van der Waals surface area contributed by atoms with E-state index in [2.05, 4.69) is 30.7 Å². The molecule has 0 bridgehead atoms. The van der Waals surface area contributed by atoms with Gasteiger partial charge in [-0.05, 0) is 27.2 Å². The van der Waals surface area contributed by atoms with Crippen molar-refractivity contribution in [3.8, 4) is 0 Å². The van der Waals surface area contributed by atoms with Gasteiger partial charge in [0.1, 0.15) is 0 Å². The molecular formula is C11H20N2OS. The van der Waals surface area contributed by atoms with Crippen molar-refractivity contribution in [1.82, 2.24) is 4.98 Å². The zero-order valence-electron chi connectivity index (χ0n) is 9.90. The van der Waals surface area contributed by atoms with Gasteiger partial charge >= 0.3 is 0 Å². The number of hydrogen-bond acceptors (Lipinski definition) is 4. The molecule has 86 valence electrons. The normalized spacial score (nSPS) is 15.0. The molecule has 1 aromatic rings. The Bertz CT molecular complexity index is 299. The van der Waals surface area contributed by atoms with E-state index in [1.54, 1.807) is 24.5 Å². The Morgan fingerprint density at radius 3 is 2.53 bits per heavy atom. The van der Waals surface area contributed by atoms with E-state index in [9.17, 15) is 5.11 Å². The first kappa shape index (κ1) is 12.5. The van der Waals surface area contributed by atoms with Crippen molar-refractivity contribution in [1.29, 1.82) is 0 Å². The molecule has 1 N–H and O–H groups in total. The summed E-state index contributed by atoms with van der Waals surface area (Å²) in [5.41, 5.74) is 0. The lowest BCUT2D eigenvalue weighted by Crippen LogP contribution is -2.32. The van der Waals surface area contributed by atoms with Crippen LogP contribution in [0.25, 0.3) is 0 Å². The van der Waals surface area contributed by atoms with Gasteiger partial charge in [0.15, 0.2) is 5.13 Å². The Balaban J connectivity index is 2.83. The maximum atomic E-state index is 9.44. The fourth-order valence-corrected chi connectivity index (χ4v) is 2.48. The van der Waals surface area contributed by atoms with Crippen LogP contribution in [0, 0.1) is 0 Å². The van der Waals surface area contributed by atoms with Crippen LogP contribution in [0.5, 0.6) is 0 Å². The molecule has 0 fully saturated rings. The highest BCUT2D eigenvalue weighted by Crippen LogP contribution is 2.28. The summed E-state index contributed by atoms with van der Waals surface area (Å²) in [6, 6.07) is 0.503. The number of anilines is 1. The van der Waals surface area contributed by atoms with Crippen LogP contribution >= 0.6 is 11.3 Å². The number of rotatable bonds is 5. The van der Waals surface area contributed by atoms with Gasteiger partial charge < -0.3 is 10.0 Å². The Hall–Kier alpha value is -0.610. The van der Waals surface area contributed by atoms with E-state index >= 15 is 0 Å². The van der Waals surface area contributed by atoms with Gasteiger partial charge in [0.25, 0.3) is 0 Å². The molecule has 1 heterocycles. The van der Waals surface area contributed by atoms with Gasteiger partial charge in [-0.15, -0.1) is 0 Å². The molecule has 0 amide bonds. The van der Waals surface area contributed by atoms with Crippen LogP contribution in [0.4, 0.5) is 5.13 Å². The van der Waals surface area contributed by atoms with Gasteiger partial charge in [-0.3, -0.25) is 0 Å². The minimum atomic E-state index is -0.410. The predicted molar refractivity (Wildman–Crippen MR) is 65.5 cm³/mol. The molecule has 0 spiro atoms. The molecule has 0 aromatic carbocycles. The Kier molecular flexibility index (Phi) is 4.54. The van der Waals surface area contributed by atoms with Gasteiger partial charge in [0.2, 0.25) is 0 Å². The predicted octanol–water partition coefficient (Wildman–Crippen LogP) is 2.82. The maximum absolute atomic E-state index is 9.44. The third-order valence-corrected chi connectivity index (χ3v) is 3.84. The fraction of sp³-hybridized carbons (Fsp3) is 0.727. The van der Waals surface area contributed by atoms with Gasteiger partial charge in [-0.25, -0.2) is 4.98 Å². The molecule has 2 atom stereocenters. The molecule has 1 aromatic heterocycles. The quantitative estimate of drug-likeness (QED) is 0.842. The fourth-order valence-electron chi connectivity index (χ4n) is 1.46. The second-order valence-electron chi connectivity index (χ2n) is 3.76. The molecule has 0 radical (unpaired) electrons. The van der Waals surface area contributed by atoms with Crippen LogP contribution in [0.1, 0.15) is 45.1 Å². The number of nitrogens with zero attached hydrogens (tertiary/aromatic N) is 2. The lowest BCUT2D eigenvalue weighted by atomic mass is 10.2. The Morgan fingerprint density at radius 2 is 2.13 bits per heavy atom. The van der Waals surface area contributed by atoms with Gasteiger partial charge in [-0.2, -0.15) is 0 Å². The summed E-state index contributed by atoms with van der Waals surface area (Å²) in [5, 5.41) is 10.5. The molecular weight excluding hydrogens is 208 g/mol. The summed E-state index contributed by atoms with van der Waals surface area (Å²) in [6.07, 6.45) is 2.47. The number of aromatic nitrogens is 1. The minimum Gasteiger partial charge on any atom is -0.388 e. The van der Waals surface area contributed by atoms with Gasteiger partial charge in [-0.1, -0.05) is 18.3 Å². The summed E-state index contributed by atoms with van der Waals surface area (Å²) < 4.78 is 0. The summed E-state index contributed by atoms with van der Waals surface area (Å²) in [6.45, 7) is 9.25. The third kappa shape index (κ3) is 2.92. The first-order chi connectivity index (χ1) is 7.10. The molecule has 0 aliphatic heterocycles. The molecule has 0 saturated heterocycles. The Morgan fingerprint density at radius 1 is 1.47 bits per heavy atom. The molecule has 15 heavy (non-hydrogen) atoms. The van der Waals surface area contributed by atoms with E-state index in [0.29, 0.717) is 6.04 Å². The molecule has 3 nitrogen and oxygen atoms in total. The molecule has 2 unspecified atom stereocenters. The van der Waals surface area contributed by atoms with Crippen LogP contribution < -0.4 is 4.90 Å². The summed E-state index contributed by atoms with van der Waals surface area (Å²) in [5.74, 6) is 0. The third-order valence-electron chi connectivity index (χ3n) is 2.63. The van der Waals surface area contributed by atoms with Crippen molar-refractivity contribution >= 4 is 16.5 Å². The van der Waals surface area contributed by atoms with E-state index in [4.69, 9.17) is 0 Å². The number of aliphatic hydroxyl groups is 1. The van der Waals surface area contributed by atoms with Crippen molar-refractivity contribution < 1.29 is 5.11 Å². The number of aliphatic hydroxyl groups excluding tert-OH is 1. The smallest absolute Gasteiger partial charge is 0.185 e. The first-order valence-corrected chi connectivity index (χ1v) is 6.32. The van der Waals surface area contributed by atoms with Crippen molar-refractivity contribution in [3.05, 3.63) is 11.1 Å². The van der Waals surface area contributed by atoms with Crippen molar-refractivity contribution in [2.75, 3.05) is 11.4 Å². The molecule has 0 aliphatic rings. The van der Waals surface area contributed by atoms with Crippen LogP contribution in [-0.2, 0) is 0 Å². The van der Waals surface area contributed by atoms with E-state index < -0.39 is 6.10 Å². The first-order valence-electron chi connectivity index (χ1n) is 5.50. The SMILES string of the molecule is CCC(C)N(CC)c1ncc(C(C)O)s1. The van der Waals surface area contributed by atoms with Crippen LogP contribution in [0.3, 0.4) is 0 Å². The second-order valence-corrected chi connectivity index (χ2v) is 4.81. The maximum Gasteiger partial charge on any atom is 0.185 e. The highest BCUT2D eigenvalue weighted by molar-refractivity contribution is 7.15. The second kappa shape index (κ2) is 5.47. The lowest BCUT2D eigenvalue weighted by molar-refractivity contribution is 0.203. The zero-order chi connectivity index (χ0) is 11.4. The lowest BCUT2D eigenvalue weighted by Gasteiger charge is -2.26. The van der Waals surface area contributed by atoms with E-state index in [-0.39, 0.29) is 0 Å². The summed E-state index contributed by atoms with van der Waals surface area (Å²) in [4.78, 5) is 7.57. The van der Waals surface area contributed by atoms with E-state index in [1.807, 2.05) is 0 Å². The average Bonchev–Trinajstić information content (AvgIpc) is 2.68. The Labute approximate surface area is 95.8 Å².